The van der Waals surface area contributed by atoms with E-state index in [0.29, 0.717) is 17.2 Å². The zero-order valence-corrected chi connectivity index (χ0v) is 12.0. The summed E-state index contributed by atoms with van der Waals surface area (Å²) in [6.45, 7) is 4.46. The highest BCUT2D eigenvalue weighted by Crippen LogP contribution is 2.27. The summed E-state index contributed by atoms with van der Waals surface area (Å²) in [7, 11) is 1.56. The van der Waals surface area contributed by atoms with Gasteiger partial charge in [-0.3, -0.25) is 4.79 Å². The van der Waals surface area contributed by atoms with Gasteiger partial charge < -0.3 is 14.7 Å². The third-order valence-corrected chi connectivity index (χ3v) is 3.91. The second kappa shape index (κ2) is 7.38. The molecule has 0 aliphatic rings. The largest absolute Gasteiger partial charge is 0.495 e. The van der Waals surface area contributed by atoms with Crippen LogP contribution in [0.4, 0.5) is 0 Å². The van der Waals surface area contributed by atoms with Crippen LogP contribution in [0.3, 0.4) is 0 Å². The number of methoxy groups -OCH3 is 1. The van der Waals surface area contributed by atoms with Crippen LogP contribution in [-0.2, 0) is 0 Å². The minimum atomic E-state index is -0.0513. The Labute approximate surface area is 112 Å². The van der Waals surface area contributed by atoms with Crippen LogP contribution in [0.5, 0.6) is 5.75 Å². The number of hydrogen-bond acceptors (Lipinski definition) is 4. The van der Waals surface area contributed by atoms with E-state index in [1.807, 2.05) is 5.38 Å². The van der Waals surface area contributed by atoms with E-state index in [1.54, 1.807) is 18.1 Å². The first-order valence-corrected chi connectivity index (χ1v) is 7.10. The Balaban J connectivity index is 2.95. The molecule has 0 saturated carbocycles. The number of thiophene rings is 1. The molecule has 0 aliphatic carbocycles. The predicted octanol–water partition coefficient (Wildman–Crippen LogP) is 2.38. The zero-order chi connectivity index (χ0) is 13.5. The molecule has 1 heterocycles. The van der Waals surface area contributed by atoms with Crippen molar-refractivity contribution in [3.8, 4) is 5.75 Å². The van der Waals surface area contributed by atoms with Gasteiger partial charge in [0, 0.05) is 12.6 Å². The number of hydrogen-bond donors (Lipinski definition) is 1. The molecule has 1 aromatic rings. The van der Waals surface area contributed by atoms with Crippen molar-refractivity contribution in [1.82, 2.24) is 4.90 Å². The van der Waals surface area contributed by atoms with Gasteiger partial charge in [-0.15, -0.1) is 11.3 Å². The fraction of sp³-hybridized carbons (Fsp3) is 0.615. The van der Waals surface area contributed by atoms with Crippen LogP contribution in [0, 0.1) is 0 Å². The number of carbonyl (C=O) groups excluding carboxylic acids is 1. The summed E-state index contributed by atoms with van der Waals surface area (Å²) in [6, 6.07) is 1.96. The summed E-state index contributed by atoms with van der Waals surface area (Å²) in [4.78, 5) is 14.8. The molecule has 4 nitrogen and oxygen atoms in total. The molecule has 0 aliphatic heterocycles. The lowest BCUT2D eigenvalue weighted by Gasteiger charge is -2.29. The normalized spacial score (nSPS) is 10.7. The van der Waals surface area contributed by atoms with Gasteiger partial charge in [-0.25, -0.2) is 0 Å². The third kappa shape index (κ3) is 3.23. The van der Waals surface area contributed by atoms with Crippen molar-refractivity contribution in [2.75, 3.05) is 20.3 Å². The number of nitrogens with zero attached hydrogens (tertiary/aromatic N) is 1. The molecular formula is C13H21NO3S. The number of ether oxygens (including phenoxy) is 1. The van der Waals surface area contributed by atoms with E-state index in [1.165, 1.54) is 11.3 Å². The summed E-state index contributed by atoms with van der Waals surface area (Å²) in [5, 5.41) is 11.0. The second-order valence-corrected chi connectivity index (χ2v) is 4.93. The van der Waals surface area contributed by atoms with E-state index in [0.717, 1.165) is 12.8 Å². The highest BCUT2D eigenvalue weighted by atomic mass is 32.1. The van der Waals surface area contributed by atoms with Crippen LogP contribution in [-0.4, -0.2) is 42.2 Å². The van der Waals surface area contributed by atoms with Crippen molar-refractivity contribution < 1.29 is 14.6 Å². The first-order chi connectivity index (χ1) is 8.69. The minimum absolute atomic E-state index is 0.0179. The molecule has 1 aromatic heterocycles. The number of amides is 1. The number of carbonyl (C=O) groups is 1. The Bertz CT molecular complexity index is 374. The van der Waals surface area contributed by atoms with Gasteiger partial charge in [0.25, 0.3) is 5.91 Å². The molecule has 0 radical (unpaired) electrons. The first-order valence-electron chi connectivity index (χ1n) is 6.22. The molecule has 1 rings (SSSR count). The van der Waals surface area contributed by atoms with Gasteiger partial charge >= 0.3 is 0 Å². The van der Waals surface area contributed by atoms with Gasteiger partial charge in [0.15, 0.2) is 0 Å². The molecule has 0 fully saturated rings. The Morgan fingerprint density at radius 2 is 2.17 bits per heavy atom. The molecule has 5 heteroatoms. The minimum Gasteiger partial charge on any atom is -0.495 e. The highest BCUT2D eigenvalue weighted by Gasteiger charge is 2.25. The van der Waals surface area contributed by atoms with E-state index in [-0.39, 0.29) is 18.6 Å². The fourth-order valence-corrected chi connectivity index (χ4v) is 2.85. The lowest BCUT2D eigenvalue weighted by molar-refractivity contribution is 0.0624. The average molecular weight is 271 g/mol. The van der Waals surface area contributed by atoms with E-state index in [2.05, 4.69) is 13.8 Å². The smallest absolute Gasteiger partial charge is 0.268 e. The zero-order valence-electron chi connectivity index (χ0n) is 11.2. The summed E-state index contributed by atoms with van der Waals surface area (Å²) >= 11 is 1.38. The molecule has 0 spiro atoms. The van der Waals surface area contributed by atoms with Crippen LogP contribution < -0.4 is 4.74 Å². The van der Waals surface area contributed by atoms with E-state index >= 15 is 0 Å². The lowest BCUT2D eigenvalue weighted by atomic mass is 10.1. The Hall–Kier alpha value is -1.07. The van der Waals surface area contributed by atoms with Gasteiger partial charge in [0.05, 0.1) is 13.7 Å². The quantitative estimate of drug-likeness (QED) is 0.828. The maximum atomic E-state index is 12.5. The van der Waals surface area contributed by atoms with Crippen LogP contribution >= 0.6 is 11.3 Å². The van der Waals surface area contributed by atoms with Crippen molar-refractivity contribution in [3.63, 3.8) is 0 Å². The van der Waals surface area contributed by atoms with Crippen molar-refractivity contribution in [1.29, 1.82) is 0 Å². The van der Waals surface area contributed by atoms with E-state index in [4.69, 9.17) is 9.84 Å². The first kappa shape index (κ1) is 15.0. The molecule has 102 valence electrons. The SMILES string of the molecule is CCC(CC)N(CCO)C(=O)c1sccc1OC. The Morgan fingerprint density at radius 3 is 2.67 bits per heavy atom. The molecule has 1 N–H and O–H groups in total. The molecular weight excluding hydrogens is 250 g/mol. The molecule has 1 amide bonds. The number of rotatable bonds is 7. The molecule has 0 saturated heterocycles. The van der Waals surface area contributed by atoms with Crippen LogP contribution in [0.2, 0.25) is 0 Å². The van der Waals surface area contributed by atoms with Gasteiger partial charge in [-0.05, 0) is 24.3 Å². The number of aliphatic hydroxyl groups is 1. The second-order valence-electron chi connectivity index (χ2n) is 4.01. The number of aliphatic hydroxyl groups excluding tert-OH is 1. The molecule has 0 bridgehead atoms. The van der Waals surface area contributed by atoms with Crippen molar-refractivity contribution >= 4 is 17.2 Å². The Morgan fingerprint density at radius 1 is 1.50 bits per heavy atom. The van der Waals surface area contributed by atoms with Crippen LogP contribution in [0.25, 0.3) is 0 Å². The summed E-state index contributed by atoms with van der Waals surface area (Å²) in [6.07, 6.45) is 1.77. The van der Waals surface area contributed by atoms with Gasteiger partial charge in [0.1, 0.15) is 10.6 Å². The molecule has 0 unspecified atom stereocenters. The van der Waals surface area contributed by atoms with Crippen LogP contribution in [0.1, 0.15) is 36.4 Å². The van der Waals surface area contributed by atoms with E-state index in [9.17, 15) is 4.79 Å². The summed E-state index contributed by atoms with van der Waals surface area (Å²) in [5.41, 5.74) is 0. The average Bonchev–Trinajstić information content (AvgIpc) is 2.86. The fourth-order valence-electron chi connectivity index (χ4n) is 2.03. The summed E-state index contributed by atoms with van der Waals surface area (Å²) in [5.74, 6) is 0.559. The van der Waals surface area contributed by atoms with Gasteiger partial charge in [-0.1, -0.05) is 13.8 Å². The maximum absolute atomic E-state index is 12.5. The molecule has 18 heavy (non-hydrogen) atoms. The van der Waals surface area contributed by atoms with Crippen LogP contribution in [0.15, 0.2) is 11.4 Å². The maximum Gasteiger partial charge on any atom is 0.268 e. The van der Waals surface area contributed by atoms with Crippen molar-refractivity contribution in [2.24, 2.45) is 0 Å². The molecule has 0 atom stereocenters. The topological polar surface area (TPSA) is 49.8 Å². The lowest BCUT2D eigenvalue weighted by Crippen LogP contribution is -2.41. The van der Waals surface area contributed by atoms with Crippen molar-refractivity contribution in [2.45, 2.75) is 32.7 Å². The molecule has 0 aromatic carbocycles. The third-order valence-electron chi connectivity index (χ3n) is 3.03. The van der Waals surface area contributed by atoms with E-state index < -0.39 is 0 Å². The van der Waals surface area contributed by atoms with Crippen molar-refractivity contribution in [3.05, 3.63) is 16.3 Å². The summed E-state index contributed by atoms with van der Waals surface area (Å²) < 4.78 is 5.18. The van der Waals surface area contributed by atoms with Gasteiger partial charge in [-0.2, -0.15) is 0 Å². The monoisotopic (exact) mass is 271 g/mol. The highest BCUT2D eigenvalue weighted by molar-refractivity contribution is 7.12. The predicted molar refractivity (Wildman–Crippen MR) is 73.4 cm³/mol. The standard InChI is InChI=1S/C13H21NO3S/c1-4-10(5-2)14(7-8-15)13(16)12-11(17-3)6-9-18-12/h6,9-10,15H,4-5,7-8H2,1-3H3. The van der Waals surface area contributed by atoms with Gasteiger partial charge in [0.2, 0.25) is 0 Å². The Kier molecular flexibility index (Phi) is 6.15.